The second kappa shape index (κ2) is 4.62. The summed E-state index contributed by atoms with van der Waals surface area (Å²) in [5.74, 6) is 0.472. The Bertz CT molecular complexity index is 250. The Hall–Kier alpha value is -0.770. The van der Waals surface area contributed by atoms with Crippen LogP contribution in [0.25, 0.3) is 0 Å². The van der Waals surface area contributed by atoms with E-state index in [2.05, 4.69) is 24.5 Å². The summed E-state index contributed by atoms with van der Waals surface area (Å²) in [6.07, 6.45) is 0.771. The molecule has 94 valence electrons. The molecule has 16 heavy (non-hydrogen) atoms. The van der Waals surface area contributed by atoms with Gasteiger partial charge < -0.3 is 15.4 Å². The van der Waals surface area contributed by atoms with Crippen molar-refractivity contribution in [1.82, 2.24) is 10.6 Å². The van der Waals surface area contributed by atoms with Gasteiger partial charge in [0, 0.05) is 12.1 Å². The molecule has 1 atom stereocenters. The first kappa shape index (κ1) is 13.3. The first-order chi connectivity index (χ1) is 7.21. The summed E-state index contributed by atoms with van der Waals surface area (Å²) in [4.78, 5) is 11.7. The summed E-state index contributed by atoms with van der Waals surface area (Å²) in [6, 6.07) is 0. The smallest absolute Gasteiger partial charge is 0.408 e. The molecule has 1 fully saturated rings. The Labute approximate surface area is 98.1 Å². The summed E-state index contributed by atoms with van der Waals surface area (Å²) in [6.45, 7) is 11.7. The van der Waals surface area contributed by atoms with Crippen molar-refractivity contribution in [1.29, 1.82) is 0 Å². The second-order valence-electron chi connectivity index (χ2n) is 6.04. The van der Waals surface area contributed by atoms with Crippen LogP contribution in [0.1, 0.15) is 41.0 Å². The van der Waals surface area contributed by atoms with Crippen LogP contribution >= 0.6 is 0 Å². The molecule has 1 amide bonds. The lowest BCUT2D eigenvalue weighted by atomic mass is 9.87. The number of rotatable bonds is 2. The van der Waals surface area contributed by atoms with Crippen molar-refractivity contribution in [2.75, 3.05) is 13.1 Å². The van der Waals surface area contributed by atoms with Gasteiger partial charge in [0.05, 0.1) is 0 Å². The Morgan fingerprint density at radius 2 is 1.94 bits per heavy atom. The molecule has 2 N–H and O–H groups in total. The molecule has 4 nitrogen and oxygen atoms in total. The maximum Gasteiger partial charge on any atom is 0.408 e. The van der Waals surface area contributed by atoms with Crippen LogP contribution in [0.4, 0.5) is 4.79 Å². The first-order valence-corrected chi connectivity index (χ1v) is 5.92. The van der Waals surface area contributed by atoms with E-state index < -0.39 is 5.60 Å². The molecule has 0 aromatic heterocycles. The van der Waals surface area contributed by atoms with Crippen LogP contribution in [0, 0.1) is 5.92 Å². The zero-order valence-electron chi connectivity index (χ0n) is 11.0. The molecule has 0 aromatic carbocycles. The quantitative estimate of drug-likeness (QED) is 0.759. The molecular formula is C12H24N2O2. The molecule has 1 rings (SSSR count). The molecule has 4 heteroatoms. The molecule has 1 heterocycles. The largest absolute Gasteiger partial charge is 0.444 e. The minimum atomic E-state index is -0.436. The molecule has 0 aromatic rings. The summed E-state index contributed by atoms with van der Waals surface area (Å²) in [5.41, 5.74) is -0.653. The predicted octanol–water partition coefficient (Wildman–Crippen LogP) is 1.90. The number of hydrogen-bond donors (Lipinski definition) is 2. The van der Waals surface area contributed by atoms with Gasteiger partial charge in [-0.2, -0.15) is 0 Å². The van der Waals surface area contributed by atoms with Gasteiger partial charge in [-0.3, -0.25) is 0 Å². The fourth-order valence-electron chi connectivity index (χ4n) is 1.94. The number of ether oxygens (including phenoxy) is 1. The van der Waals surface area contributed by atoms with E-state index in [1.54, 1.807) is 0 Å². The molecular weight excluding hydrogens is 204 g/mol. The Morgan fingerprint density at radius 1 is 1.31 bits per heavy atom. The Morgan fingerprint density at radius 3 is 2.38 bits per heavy atom. The van der Waals surface area contributed by atoms with Crippen molar-refractivity contribution in [3.8, 4) is 0 Å². The summed E-state index contributed by atoms with van der Waals surface area (Å²) < 4.78 is 5.26. The van der Waals surface area contributed by atoms with E-state index in [0.29, 0.717) is 5.92 Å². The SMILES string of the molecule is CC(C)(C)OC(=O)NC(C)(C)[C@H]1CCNC1. The zero-order chi connectivity index (χ0) is 12.4. The highest BCUT2D eigenvalue weighted by Gasteiger charge is 2.34. The van der Waals surface area contributed by atoms with Crippen LogP contribution in [-0.4, -0.2) is 30.3 Å². The van der Waals surface area contributed by atoms with E-state index in [9.17, 15) is 4.79 Å². The van der Waals surface area contributed by atoms with Crippen LogP contribution in [-0.2, 0) is 4.74 Å². The fraction of sp³-hybridized carbons (Fsp3) is 0.917. The second-order valence-corrected chi connectivity index (χ2v) is 6.04. The van der Waals surface area contributed by atoms with Crippen molar-refractivity contribution in [2.45, 2.75) is 52.2 Å². The van der Waals surface area contributed by atoms with E-state index in [0.717, 1.165) is 19.5 Å². The van der Waals surface area contributed by atoms with Gasteiger partial charge in [-0.05, 0) is 53.5 Å². The highest BCUT2D eigenvalue weighted by atomic mass is 16.6. The molecule has 0 radical (unpaired) electrons. The lowest BCUT2D eigenvalue weighted by molar-refractivity contribution is 0.0441. The standard InChI is InChI=1S/C12H24N2O2/c1-11(2,3)16-10(15)14-12(4,5)9-6-7-13-8-9/h9,13H,6-8H2,1-5H3,(H,14,15)/t9-/m0/s1. The molecule has 0 bridgehead atoms. The fourth-order valence-corrected chi connectivity index (χ4v) is 1.94. The van der Waals surface area contributed by atoms with Crippen molar-refractivity contribution in [3.63, 3.8) is 0 Å². The third-order valence-electron chi connectivity index (χ3n) is 2.90. The van der Waals surface area contributed by atoms with Crippen LogP contribution in [0.15, 0.2) is 0 Å². The highest BCUT2D eigenvalue weighted by Crippen LogP contribution is 2.23. The van der Waals surface area contributed by atoms with Gasteiger partial charge in [-0.25, -0.2) is 4.79 Å². The van der Waals surface area contributed by atoms with Crippen LogP contribution in [0.5, 0.6) is 0 Å². The zero-order valence-corrected chi connectivity index (χ0v) is 11.0. The van der Waals surface area contributed by atoms with Crippen LogP contribution < -0.4 is 10.6 Å². The molecule has 0 aliphatic carbocycles. The number of carbonyl (C=O) groups is 1. The molecule has 1 aliphatic heterocycles. The maximum atomic E-state index is 11.7. The van der Waals surface area contributed by atoms with E-state index >= 15 is 0 Å². The van der Waals surface area contributed by atoms with Gasteiger partial charge in [-0.15, -0.1) is 0 Å². The topological polar surface area (TPSA) is 50.4 Å². The number of amides is 1. The van der Waals surface area contributed by atoms with E-state index in [1.807, 2.05) is 20.8 Å². The first-order valence-electron chi connectivity index (χ1n) is 5.92. The molecule has 1 aliphatic rings. The minimum absolute atomic E-state index is 0.216. The van der Waals surface area contributed by atoms with Gasteiger partial charge in [0.15, 0.2) is 0 Å². The lowest BCUT2D eigenvalue weighted by Crippen LogP contribution is -2.51. The molecule has 1 saturated heterocycles. The monoisotopic (exact) mass is 228 g/mol. The number of nitrogens with one attached hydrogen (secondary N) is 2. The summed E-state index contributed by atoms with van der Waals surface area (Å²) >= 11 is 0. The third-order valence-corrected chi connectivity index (χ3v) is 2.90. The number of hydrogen-bond acceptors (Lipinski definition) is 3. The van der Waals surface area contributed by atoms with E-state index in [4.69, 9.17) is 4.74 Å². The summed E-state index contributed by atoms with van der Waals surface area (Å²) in [7, 11) is 0. The van der Waals surface area contributed by atoms with Crippen molar-refractivity contribution in [3.05, 3.63) is 0 Å². The van der Waals surface area contributed by atoms with Gasteiger partial charge in [0.2, 0.25) is 0 Å². The molecule has 0 unspecified atom stereocenters. The summed E-state index contributed by atoms with van der Waals surface area (Å²) in [5, 5.41) is 6.26. The molecule has 0 saturated carbocycles. The van der Waals surface area contributed by atoms with Gasteiger partial charge in [0.1, 0.15) is 5.60 Å². The van der Waals surface area contributed by atoms with Gasteiger partial charge in [0.25, 0.3) is 0 Å². The normalized spacial score (nSPS) is 21.9. The number of carbonyl (C=O) groups excluding carboxylic acids is 1. The highest BCUT2D eigenvalue weighted by molar-refractivity contribution is 5.68. The predicted molar refractivity (Wildman–Crippen MR) is 64.4 cm³/mol. The van der Waals surface area contributed by atoms with E-state index in [1.165, 1.54) is 0 Å². The average molecular weight is 228 g/mol. The van der Waals surface area contributed by atoms with Crippen LogP contribution in [0.2, 0.25) is 0 Å². The van der Waals surface area contributed by atoms with Gasteiger partial charge >= 0.3 is 6.09 Å². The maximum absolute atomic E-state index is 11.7. The van der Waals surface area contributed by atoms with Crippen molar-refractivity contribution < 1.29 is 9.53 Å². The van der Waals surface area contributed by atoms with Gasteiger partial charge in [-0.1, -0.05) is 0 Å². The minimum Gasteiger partial charge on any atom is -0.444 e. The number of alkyl carbamates (subject to hydrolysis) is 1. The van der Waals surface area contributed by atoms with Crippen molar-refractivity contribution in [2.24, 2.45) is 5.92 Å². The average Bonchev–Trinajstić information content (AvgIpc) is 2.49. The Balaban J connectivity index is 2.48. The van der Waals surface area contributed by atoms with Crippen LogP contribution in [0.3, 0.4) is 0 Å². The third kappa shape index (κ3) is 4.00. The van der Waals surface area contributed by atoms with E-state index in [-0.39, 0.29) is 11.6 Å². The lowest BCUT2D eigenvalue weighted by Gasteiger charge is -2.33. The van der Waals surface area contributed by atoms with Crippen molar-refractivity contribution >= 4 is 6.09 Å². The Kier molecular flexibility index (Phi) is 3.84. The molecule has 0 spiro atoms.